The molecule has 94 valence electrons. The highest BCUT2D eigenvalue weighted by Crippen LogP contribution is 2.32. The molecule has 0 amide bonds. The van der Waals surface area contributed by atoms with Crippen molar-refractivity contribution in [2.75, 3.05) is 5.32 Å². The van der Waals surface area contributed by atoms with E-state index in [9.17, 15) is 0 Å². The van der Waals surface area contributed by atoms with E-state index in [1.807, 2.05) is 0 Å². The first-order chi connectivity index (χ1) is 8.20. The van der Waals surface area contributed by atoms with Crippen LogP contribution in [0, 0.1) is 12.8 Å². The zero-order chi connectivity index (χ0) is 12.3. The number of hydrogen-bond acceptors (Lipinski definition) is 1. The smallest absolute Gasteiger partial charge is 0.0487 e. The van der Waals surface area contributed by atoms with Crippen molar-refractivity contribution in [1.29, 1.82) is 0 Å². The summed E-state index contributed by atoms with van der Waals surface area (Å²) in [5.41, 5.74) is 2.55. The van der Waals surface area contributed by atoms with E-state index >= 15 is 0 Å². The lowest BCUT2D eigenvalue weighted by Gasteiger charge is -2.32. The molecule has 1 aromatic rings. The molecule has 0 radical (unpaired) electrons. The summed E-state index contributed by atoms with van der Waals surface area (Å²) in [5, 5.41) is 3.73. The summed E-state index contributed by atoms with van der Waals surface area (Å²) < 4.78 is 1.19. The van der Waals surface area contributed by atoms with Crippen LogP contribution in [0.3, 0.4) is 0 Å². The van der Waals surface area contributed by atoms with Crippen LogP contribution in [0.25, 0.3) is 0 Å². The van der Waals surface area contributed by atoms with E-state index in [1.54, 1.807) is 0 Å². The maximum Gasteiger partial charge on any atom is 0.0487 e. The molecule has 0 bridgehead atoms. The highest BCUT2D eigenvalue weighted by molar-refractivity contribution is 9.10. The summed E-state index contributed by atoms with van der Waals surface area (Å²) in [4.78, 5) is 0. The van der Waals surface area contributed by atoms with Crippen LogP contribution in [-0.2, 0) is 0 Å². The minimum atomic E-state index is 0.660. The Labute approximate surface area is 113 Å². The summed E-state index contributed by atoms with van der Waals surface area (Å²) >= 11 is 3.65. The first kappa shape index (κ1) is 12.9. The zero-order valence-electron chi connectivity index (χ0n) is 10.8. The van der Waals surface area contributed by atoms with Gasteiger partial charge in [-0.15, -0.1) is 0 Å². The summed E-state index contributed by atoms with van der Waals surface area (Å²) in [7, 11) is 0. The first-order valence-corrected chi connectivity index (χ1v) is 7.52. The van der Waals surface area contributed by atoms with Crippen LogP contribution < -0.4 is 5.32 Å². The van der Waals surface area contributed by atoms with Crippen LogP contribution in [0.15, 0.2) is 22.7 Å². The molecule has 1 aliphatic rings. The Morgan fingerprint density at radius 2 is 2.06 bits per heavy atom. The Morgan fingerprint density at radius 1 is 1.29 bits per heavy atom. The van der Waals surface area contributed by atoms with Crippen LogP contribution in [0.5, 0.6) is 0 Å². The van der Waals surface area contributed by atoms with Gasteiger partial charge in [0.25, 0.3) is 0 Å². The number of anilines is 1. The molecule has 0 saturated heterocycles. The number of benzene rings is 1. The predicted octanol–water partition coefficient (Wildman–Crippen LogP) is 5.14. The molecule has 1 fully saturated rings. The van der Waals surface area contributed by atoms with Gasteiger partial charge in [-0.05, 0) is 59.3 Å². The van der Waals surface area contributed by atoms with Gasteiger partial charge in [0.15, 0.2) is 0 Å². The largest absolute Gasteiger partial charge is 0.381 e. The minimum absolute atomic E-state index is 0.660. The molecule has 2 atom stereocenters. The van der Waals surface area contributed by atoms with Gasteiger partial charge in [0, 0.05) is 16.2 Å². The quantitative estimate of drug-likeness (QED) is 0.814. The van der Waals surface area contributed by atoms with Crippen molar-refractivity contribution in [2.24, 2.45) is 5.92 Å². The molecule has 0 spiro atoms. The van der Waals surface area contributed by atoms with E-state index in [4.69, 9.17) is 0 Å². The van der Waals surface area contributed by atoms with Gasteiger partial charge in [0.05, 0.1) is 0 Å². The molecule has 0 aromatic heterocycles. The van der Waals surface area contributed by atoms with Gasteiger partial charge in [0.1, 0.15) is 0 Å². The average Bonchev–Trinajstić information content (AvgIpc) is 2.33. The second kappa shape index (κ2) is 5.90. The van der Waals surface area contributed by atoms with Crippen LogP contribution in [0.1, 0.15) is 44.6 Å². The Balaban J connectivity index is 2.08. The van der Waals surface area contributed by atoms with Gasteiger partial charge in [-0.1, -0.05) is 32.3 Å². The Morgan fingerprint density at radius 3 is 2.76 bits per heavy atom. The lowest BCUT2D eigenvalue weighted by molar-refractivity contribution is 0.317. The topological polar surface area (TPSA) is 12.0 Å². The van der Waals surface area contributed by atoms with Gasteiger partial charge in [0.2, 0.25) is 0 Å². The fourth-order valence-corrected chi connectivity index (χ4v) is 3.43. The van der Waals surface area contributed by atoms with Crippen molar-refractivity contribution in [3.8, 4) is 0 Å². The average molecular weight is 296 g/mol. The van der Waals surface area contributed by atoms with Crippen molar-refractivity contribution in [3.63, 3.8) is 0 Å². The van der Waals surface area contributed by atoms with Gasteiger partial charge in [-0.3, -0.25) is 0 Å². The van der Waals surface area contributed by atoms with Crippen molar-refractivity contribution < 1.29 is 0 Å². The van der Waals surface area contributed by atoms with Crippen molar-refractivity contribution in [2.45, 2.75) is 52.0 Å². The lowest BCUT2D eigenvalue weighted by atomic mass is 9.83. The third-order valence-electron chi connectivity index (χ3n) is 3.90. The van der Waals surface area contributed by atoms with Gasteiger partial charge >= 0.3 is 0 Å². The predicted molar refractivity (Wildman–Crippen MR) is 78.5 cm³/mol. The summed E-state index contributed by atoms with van der Waals surface area (Å²) in [5.74, 6) is 0.844. The highest BCUT2D eigenvalue weighted by atomic mass is 79.9. The SMILES string of the molecule is CCC1CCCCC1Nc1ccc(C)cc1Br. The second-order valence-electron chi connectivity index (χ2n) is 5.19. The molecular formula is C15H22BrN. The third kappa shape index (κ3) is 3.25. The molecule has 17 heavy (non-hydrogen) atoms. The third-order valence-corrected chi connectivity index (χ3v) is 4.56. The number of rotatable bonds is 3. The Kier molecular flexibility index (Phi) is 4.49. The highest BCUT2D eigenvalue weighted by Gasteiger charge is 2.23. The van der Waals surface area contributed by atoms with E-state index < -0.39 is 0 Å². The Bertz CT molecular complexity index is 375. The van der Waals surface area contributed by atoms with Gasteiger partial charge in [-0.2, -0.15) is 0 Å². The molecule has 0 aliphatic heterocycles. The zero-order valence-corrected chi connectivity index (χ0v) is 12.4. The number of aryl methyl sites for hydroxylation is 1. The molecule has 1 aliphatic carbocycles. The Hall–Kier alpha value is -0.500. The van der Waals surface area contributed by atoms with E-state index in [2.05, 4.69) is 53.3 Å². The van der Waals surface area contributed by atoms with Crippen molar-refractivity contribution >= 4 is 21.6 Å². The minimum Gasteiger partial charge on any atom is -0.381 e. The molecule has 1 aromatic carbocycles. The number of hydrogen-bond donors (Lipinski definition) is 1. The maximum atomic E-state index is 3.73. The lowest BCUT2D eigenvalue weighted by Crippen LogP contribution is -2.31. The fourth-order valence-electron chi connectivity index (χ4n) is 2.82. The van der Waals surface area contributed by atoms with Crippen LogP contribution in [0.4, 0.5) is 5.69 Å². The van der Waals surface area contributed by atoms with E-state index in [0.29, 0.717) is 6.04 Å². The fraction of sp³-hybridized carbons (Fsp3) is 0.600. The van der Waals surface area contributed by atoms with Crippen LogP contribution in [0.2, 0.25) is 0 Å². The molecule has 2 heteroatoms. The molecule has 0 heterocycles. The summed E-state index contributed by atoms with van der Waals surface area (Å²) in [6.45, 7) is 4.44. The first-order valence-electron chi connectivity index (χ1n) is 6.73. The van der Waals surface area contributed by atoms with Crippen molar-refractivity contribution in [3.05, 3.63) is 28.2 Å². The standard InChI is InChI=1S/C15H22BrN/c1-3-12-6-4-5-7-14(12)17-15-9-8-11(2)10-13(15)16/h8-10,12,14,17H,3-7H2,1-2H3. The van der Waals surface area contributed by atoms with E-state index in [0.717, 1.165) is 5.92 Å². The van der Waals surface area contributed by atoms with Gasteiger partial charge in [-0.25, -0.2) is 0 Å². The normalized spacial score (nSPS) is 24.6. The molecule has 1 nitrogen and oxygen atoms in total. The molecule has 1 N–H and O–H groups in total. The summed E-state index contributed by atoms with van der Waals surface area (Å²) in [6.07, 6.45) is 6.78. The number of nitrogens with one attached hydrogen (secondary N) is 1. The van der Waals surface area contributed by atoms with Crippen LogP contribution >= 0.6 is 15.9 Å². The molecule has 2 unspecified atom stereocenters. The van der Waals surface area contributed by atoms with E-state index in [1.165, 1.54) is 47.8 Å². The maximum absolute atomic E-state index is 3.73. The number of halogens is 1. The van der Waals surface area contributed by atoms with E-state index in [-0.39, 0.29) is 0 Å². The summed E-state index contributed by atoms with van der Waals surface area (Å²) in [6, 6.07) is 7.22. The second-order valence-corrected chi connectivity index (χ2v) is 6.04. The molecular weight excluding hydrogens is 274 g/mol. The molecule has 2 rings (SSSR count). The van der Waals surface area contributed by atoms with Gasteiger partial charge < -0.3 is 5.32 Å². The monoisotopic (exact) mass is 295 g/mol. The van der Waals surface area contributed by atoms with Crippen molar-refractivity contribution in [1.82, 2.24) is 0 Å². The molecule has 1 saturated carbocycles. The van der Waals surface area contributed by atoms with Crippen LogP contribution in [-0.4, -0.2) is 6.04 Å².